The van der Waals surface area contributed by atoms with Crippen molar-refractivity contribution in [2.45, 2.75) is 18.9 Å². The molecule has 156 valence electrons. The van der Waals surface area contributed by atoms with Gasteiger partial charge in [0.15, 0.2) is 5.82 Å². The van der Waals surface area contributed by atoms with Crippen LogP contribution in [0.2, 0.25) is 0 Å². The number of anilines is 2. The highest BCUT2D eigenvalue weighted by Gasteiger charge is 2.23. The zero-order valence-corrected chi connectivity index (χ0v) is 17.8. The lowest BCUT2D eigenvalue weighted by Crippen LogP contribution is -2.46. The summed E-state index contributed by atoms with van der Waals surface area (Å²) < 4.78 is 0. The lowest BCUT2D eigenvalue weighted by atomic mass is 10.0. The monoisotopic (exact) mass is 429 g/mol. The molecular formula is C24H23N5OS. The molecule has 0 radical (unpaired) electrons. The van der Waals surface area contributed by atoms with Crippen LogP contribution in [0.25, 0.3) is 22.3 Å². The van der Waals surface area contributed by atoms with Gasteiger partial charge in [0.1, 0.15) is 5.82 Å². The molecule has 2 amide bonds. The fraction of sp³-hybridized carbons (Fsp3) is 0.208. The Bertz CT molecular complexity index is 1170. The number of benzene rings is 2. The van der Waals surface area contributed by atoms with Gasteiger partial charge in [-0.3, -0.25) is 0 Å². The summed E-state index contributed by atoms with van der Waals surface area (Å²) in [6.07, 6.45) is 1.74. The Morgan fingerprint density at radius 1 is 0.968 bits per heavy atom. The van der Waals surface area contributed by atoms with E-state index in [1.807, 2.05) is 53.9 Å². The molecule has 1 saturated heterocycles. The van der Waals surface area contributed by atoms with Crippen molar-refractivity contribution in [1.82, 2.24) is 15.3 Å². The summed E-state index contributed by atoms with van der Waals surface area (Å²) in [5.41, 5.74) is 2.80. The van der Waals surface area contributed by atoms with E-state index in [1.54, 1.807) is 11.3 Å². The maximum absolute atomic E-state index is 12.3. The molecule has 0 saturated carbocycles. The second-order valence-electron chi connectivity index (χ2n) is 7.63. The molecule has 2 aromatic heterocycles. The minimum Gasteiger partial charge on any atom is -0.356 e. The molecular weight excluding hydrogens is 406 g/mol. The maximum atomic E-state index is 12.3. The Balaban J connectivity index is 1.30. The fourth-order valence-corrected chi connectivity index (χ4v) is 4.57. The molecule has 0 unspecified atom stereocenters. The number of nitrogens with one attached hydrogen (secondary N) is 2. The van der Waals surface area contributed by atoms with Crippen LogP contribution in [0.5, 0.6) is 0 Å². The van der Waals surface area contributed by atoms with Gasteiger partial charge in [-0.15, -0.1) is 0 Å². The Morgan fingerprint density at radius 2 is 1.74 bits per heavy atom. The van der Waals surface area contributed by atoms with E-state index in [-0.39, 0.29) is 12.1 Å². The molecule has 4 aromatic rings. The Morgan fingerprint density at radius 3 is 2.52 bits per heavy atom. The third kappa shape index (κ3) is 4.36. The highest BCUT2D eigenvalue weighted by molar-refractivity contribution is 7.08. The van der Waals surface area contributed by atoms with E-state index in [2.05, 4.69) is 33.0 Å². The largest absolute Gasteiger partial charge is 0.356 e. The van der Waals surface area contributed by atoms with Gasteiger partial charge in [0.25, 0.3) is 0 Å². The molecule has 7 heteroatoms. The molecule has 0 bridgehead atoms. The predicted octanol–water partition coefficient (Wildman–Crippen LogP) is 5.15. The molecule has 2 N–H and O–H groups in total. The molecule has 0 aliphatic carbocycles. The van der Waals surface area contributed by atoms with E-state index >= 15 is 0 Å². The average Bonchev–Trinajstić information content (AvgIpc) is 3.35. The highest BCUT2D eigenvalue weighted by atomic mass is 32.1. The van der Waals surface area contributed by atoms with Gasteiger partial charge in [-0.1, -0.05) is 30.3 Å². The zero-order chi connectivity index (χ0) is 21.0. The van der Waals surface area contributed by atoms with Crippen molar-refractivity contribution >= 4 is 39.8 Å². The van der Waals surface area contributed by atoms with Gasteiger partial charge in [-0.2, -0.15) is 11.3 Å². The lowest BCUT2D eigenvalue weighted by Gasteiger charge is -2.33. The van der Waals surface area contributed by atoms with E-state index in [0.717, 1.165) is 59.7 Å². The van der Waals surface area contributed by atoms with E-state index < -0.39 is 0 Å². The summed E-state index contributed by atoms with van der Waals surface area (Å²) in [7, 11) is 0. The number of hydrogen-bond acceptors (Lipinski definition) is 5. The number of piperidine rings is 1. The summed E-state index contributed by atoms with van der Waals surface area (Å²) in [4.78, 5) is 24.3. The summed E-state index contributed by atoms with van der Waals surface area (Å²) in [6.45, 7) is 1.67. The number of thiophene rings is 1. The van der Waals surface area contributed by atoms with Gasteiger partial charge < -0.3 is 15.5 Å². The number of urea groups is 1. The Hall–Kier alpha value is -3.45. The SMILES string of the molecule is O=C(Nc1ccccc1)NC1CCN(c2nc(-c3ccsc3)nc3ccccc23)CC1. The topological polar surface area (TPSA) is 70.2 Å². The van der Waals surface area contributed by atoms with Gasteiger partial charge >= 0.3 is 6.03 Å². The number of amides is 2. The smallest absolute Gasteiger partial charge is 0.319 e. The number of hydrogen-bond donors (Lipinski definition) is 2. The van der Waals surface area contributed by atoms with Gasteiger partial charge in [0.05, 0.1) is 5.52 Å². The lowest BCUT2D eigenvalue weighted by molar-refractivity contribution is 0.246. The normalized spacial score (nSPS) is 14.5. The third-order valence-electron chi connectivity index (χ3n) is 5.52. The first kappa shape index (κ1) is 19.5. The van der Waals surface area contributed by atoms with Gasteiger partial charge in [0.2, 0.25) is 0 Å². The number of fused-ring (bicyclic) bond motifs is 1. The van der Waals surface area contributed by atoms with Crippen LogP contribution in [0.3, 0.4) is 0 Å². The van der Waals surface area contributed by atoms with Crippen LogP contribution in [-0.2, 0) is 0 Å². The number of carbonyl (C=O) groups is 1. The second-order valence-corrected chi connectivity index (χ2v) is 8.41. The predicted molar refractivity (Wildman–Crippen MR) is 127 cm³/mol. The van der Waals surface area contributed by atoms with E-state index in [9.17, 15) is 4.79 Å². The first-order chi connectivity index (χ1) is 15.3. The molecule has 0 spiro atoms. The quantitative estimate of drug-likeness (QED) is 0.471. The van der Waals surface area contributed by atoms with Crippen LogP contribution in [0.15, 0.2) is 71.4 Å². The third-order valence-corrected chi connectivity index (χ3v) is 6.21. The molecule has 1 fully saturated rings. The summed E-state index contributed by atoms with van der Waals surface area (Å²) in [5.74, 6) is 1.73. The van der Waals surface area contributed by atoms with Gasteiger partial charge in [-0.05, 0) is 48.6 Å². The van der Waals surface area contributed by atoms with Crippen molar-refractivity contribution in [3.05, 3.63) is 71.4 Å². The van der Waals surface area contributed by atoms with Gasteiger partial charge in [0, 0.05) is 41.1 Å². The summed E-state index contributed by atoms with van der Waals surface area (Å²) in [5, 5.41) is 11.2. The average molecular weight is 430 g/mol. The molecule has 0 atom stereocenters. The second kappa shape index (κ2) is 8.73. The molecule has 31 heavy (non-hydrogen) atoms. The Labute approximate surface area is 185 Å². The summed E-state index contributed by atoms with van der Waals surface area (Å²) in [6, 6.07) is 19.7. The molecule has 2 aromatic carbocycles. The number of nitrogens with zero attached hydrogens (tertiary/aromatic N) is 3. The summed E-state index contributed by atoms with van der Waals surface area (Å²) >= 11 is 1.65. The first-order valence-corrected chi connectivity index (χ1v) is 11.4. The number of para-hydroxylation sites is 2. The van der Waals surface area contributed by atoms with Crippen LogP contribution in [0.4, 0.5) is 16.3 Å². The maximum Gasteiger partial charge on any atom is 0.319 e. The number of aromatic nitrogens is 2. The first-order valence-electron chi connectivity index (χ1n) is 10.4. The number of rotatable bonds is 4. The van der Waals surface area contributed by atoms with Crippen LogP contribution < -0.4 is 15.5 Å². The van der Waals surface area contributed by atoms with E-state index in [0.29, 0.717) is 0 Å². The molecule has 6 nitrogen and oxygen atoms in total. The van der Waals surface area contributed by atoms with E-state index in [4.69, 9.17) is 9.97 Å². The molecule has 1 aliphatic heterocycles. The minimum absolute atomic E-state index is 0.143. The highest BCUT2D eigenvalue weighted by Crippen LogP contribution is 2.30. The van der Waals surface area contributed by atoms with Crippen molar-refractivity contribution in [1.29, 1.82) is 0 Å². The van der Waals surface area contributed by atoms with Crippen LogP contribution in [-0.4, -0.2) is 35.1 Å². The van der Waals surface area contributed by atoms with Crippen molar-refractivity contribution in [2.24, 2.45) is 0 Å². The zero-order valence-electron chi connectivity index (χ0n) is 17.0. The van der Waals surface area contributed by atoms with Crippen molar-refractivity contribution < 1.29 is 4.79 Å². The van der Waals surface area contributed by atoms with Gasteiger partial charge in [-0.25, -0.2) is 14.8 Å². The standard InChI is InChI=1S/C24H23N5OS/c30-24(25-18-6-2-1-3-7-18)26-19-10-13-29(14-11-19)23-20-8-4-5-9-21(20)27-22(28-23)17-12-15-31-16-17/h1-9,12,15-16,19H,10-11,13-14H2,(H2,25,26,30). The molecule has 5 rings (SSSR count). The van der Waals surface area contributed by atoms with Crippen LogP contribution >= 0.6 is 11.3 Å². The molecule has 3 heterocycles. The fourth-order valence-electron chi connectivity index (χ4n) is 3.93. The van der Waals surface area contributed by atoms with E-state index in [1.165, 1.54) is 0 Å². The Kier molecular flexibility index (Phi) is 5.50. The molecule has 1 aliphatic rings. The number of carbonyl (C=O) groups excluding carboxylic acids is 1. The van der Waals surface area contributed by atoms with Crippen LogP contribution in [0.1, 0.15) is 12.8 Å². The van der Waals surface area contributed by atoms with Crippen molar-refractivity contribution in [3.63, 3.8) is 0 Å². The van der Waals surface area contributed by atoms with Crippen molar-refractivity contribution in [3.8, 4) is 11.4 Å². The van der Waals surface area contributed by atoms with Crippen LogP contribution in [0, 0.1) is 0 Å². The minimum atomic E-state index is -0.156. The van der Waals surface area contributed by atoms with Crippen molar-refractivity contribution in [2.75, 3.05) is 23.3 Å².